The summed E-state index contributed by atoms with van der Waals surface area (Å²) in [7, 11) is 0. The number of morpholine rings is 1. The molecule has 2 unspecified atom stereocenters. The van der Waals surface area contributed by atoms with E-state index in [-0.39, 0.29) is 18.0 Å². The first-order valence-electron chi connectivity index (χ1n) is 7.87. The van der Waals surface area contributed by atoms with E-state index >= 15 is 0 Å². The van der Waals surface area contributed by atoms with Crippen LogP contribution in [-0.4, -0.2) is 56.0 Å². The maximum absolute atomic E-state index is 9.29. The first kappa shape index (κ1) is 16.8. The summed E-state index contributed by atoms with van der Waals surface area (Å²) < 4.78 is 9.60. The Morgan fingerprint density at radius 1 is 1.29 bits per heavy atom. The van der Waals surface area contributed by atoms with Crippen LogP contribution in [0.15, 0.2) is 35.7 Å². The highest BCUT2D eigenvalue weighted by atomic mass is 32.1. The Kier molecular flexibility index (Phi) is 5.08. The first-order chi connectivity index (χ1) is 11.5. The van der Waals surface area contributed by atoms with Crippen molar-refractivity contribution in [2.45, 2.75) is 32.7 Å². The molecular formula is C16H21N5O2S. The van der Waals surface area contributed by atoms with Crippen LogP contribution in [-0.2, 0) is 11.4 Å². The van der Waals surface area contributed by atoms with Gasteiger partial charge in [0.1, 0.15) is 12.1 Å². The van der Waals surface area contributed by atoms with E-state index in [1.54, 1.807) is 46.2 Å². The highest BCUT2D eigenvalue weighted by Crippen LogP contribution is 2.12. The summed E-state index contributed by atoms with van der Waals surface area (Å²) in [5, 5.41) is 17.9. The molecule has 8 heteroatoms. The van der Waals surface area contributed by atoms with Gasteiger partial charge >= 0.3 is 0 Å². The van der Waals surface area contributed by atoms with Crippen LogP contribution < -0.4 is 0 Å². The van der Waals surface area contributed by atoms with E-state index in [9.17, 15) is 5.11 Å². The molecule has 1 aromatic heterocycles. The number of nitrogens with zero attached hydrogens (tertiary/aromatic N) is 5. The molecule has 24 heavy (non-hydrogen) atoms. The number of benzene rings is 1. The Bertz CT molecular complexity index is 758. The summed E-state index contributed by atoms with van der Waals surface area (Å²) >= 11 is 5.44. The van der Waals surface area contributed by atoms with Crippen molar-refractivity contribution in [1.82, 2.24) is 19.4 Å². The molecule has 1 aromatic carbocycles. The minimum Gasteiger partial charge on any atom is -0.508 e. The minimum atomic E-state index is 0.206. The highest BCUT2D eigenvalue weighted by Gasteiger charge is 2.22. The number of ether oxygens (including phenoxy) is 1. The zero-order chi connectivity index (χ0) is 17.1. The number of phenols is 1. The molecule has 0 spiro atoms. The van der Waals surface area contributed by atoms with Gasteiger partial charge in [-0.3, -0.25) is 4.90 Å². The number of aromatic hydroxyl groups is 1. The van der Waals surface area contributed by atoms with E-state index in [4.69, 9.17) is 17.0 Å². The summed E-state index contributed by atoms with van der Waals surface area (Å²) in [6, 6.07) is 6.79. The first-order valence-corrected chi connectivity index (χ1v) is 8.28. The maximum atomic E-state index is 9.29. The molecule has 0 radical (unpaired) electrons. The number of aromatic nitrogens is 3. The molecule has 128 valence electrons. The Balaban J connectivity index is 1.69. The zero-order valence-corrected chi connectivity index (χ0v) is 14.6. The quantitative estimate of drug-likeness (QED) is 0.677. The molecule has 0 amide bonds. The van der Waals surface area contributed by atoms with Crippen LogP contribution in [0.25, 0.3) is 0 Å². The van der Waals surface area contributed by atoms with E-state index in [1.807, 2.05) is 0 Å². The van der Waals surface area contributed by atoms with Gasteiger partial charge in [0.25, 0.3) is 0 Å². The lowest BCUT2D eigenvalue weighted by atomic mass is 10.2. The summed E-state index contributed by atoms with van der Waals surface area (Å²) in [5.74, 6) is 0.227. The van der Waals surface area contributed by atoms with Crippen LogP contribution in [0.3, 0.4) is 0 Å². The third-order valence-electron chi connectivity index (χ3n) is 3.77. The topological polar surface area (TPSA) is 67.8 Å². The Morgan fingerprint density at radius 2 is 1.96 bits per heavy atom. The minimum absolute atomic E-state index is 0.206. The lowest BCUT2D eigenvalue weighted by molar-refractivity contribution is -0.0777. The molecule has 2 atom stereocenters. The molecule has 3 rings (SSSR count). The van der Waals surface area contributed by atoms with E-state index in [2.05, 4.69) is 28.9 Å². The molecule has 1 aliphatic rings. The highest BCUT2D eigenvalue weighted by molar-refractivity contribution is 7.71. The molecule has 1 aliphatic heterocycles. The number of phenolic OH excluding ortho intramolecular Hbond substituents is 1. The summed E-state index contributed by atoms with van der Waals surface area (Å²) in [6.07, 6.45) is 3.70. The fourth-order valence-electron chi connectivity index (χ4n) is 2.78. The van der Waals surface area contributed by atoms with E-state index < -0.39 is 0 Å². The lowest BCUT2D eigenvalue weighted by Crippen LogP contribution is -2.46. The van der Waals surface area contributed by atoms with Crippen LogP contribution in [0.2, 0.25) is 0 Å². The SMILES string of the molecule is CC1CN(Cn2ncn(/N=C/c3ccc(O)cc3)c2=S)CC(C)O1. The average molecular weight is 347 g/mol. The van der Waals surface area contributed by atoms with Gasteiger partial charge in [0, 0.05) is 13.1 Å². The maximum Gasteiger partial charge on any atom is 0.220 e. The van der Waals surface area contributed by atoms with Gasteiger partial charge in [0.2, 0.25) is 4.77 Å². The smallest absolute Gasteiger partial charge is 0.220 e. The summed E-state index contributed by atoms with van der Waals surface area (Å²) in [6.45, 7) is 6.48. The van der Waals surface area contributed by atoms with Crippen LogP contribution >= 0.6 is 12.2 Å². The van der Waals surface area contributed by atoms with Gasteiger partial charge in [0.05, 0.1) is 25.1 Å². The van der Waals surface area contributed by atoms with Gasteiger partial charge in [-0.25, -0.2) is 4.68 Å². The predicted octanol–water partition coefficient (Wildman–Crippen LogP) is 2.07. The van der Waals surface area contributed by atoms with Crippen LogP contribution in [0, 0.1) is 4.77 Å². The molecule has 1 N–H and O–H groups in total. The van der Waals surface area contributed by atoms with Gasteiger partial charge in [-0.15, -0.1) is 0 Å². The monoisotopic (exact) mass is 347 g/mol. The van der Waals surface area contributed by atoms with Crippen molar-refractivity contribution in [2.75, 3.05) is 13.1 Å². The third-order valence-corrected chi connectivity index (χ3v) is 4.17. The molecule has 0 saturated carbocycles. The largest absolute Gasteiger partial charge is 0.508 e. The molecule has 0 aliphatic carbocycles. The summed E-state index contributed by atoms with van der Waals surface area (Å²) in [5.41, 5.74) is 0.873. The summed E-state index contributed by atoms with van der Waals surface area (Å²) in [4.78, 5) is 2.27. The van der Waals surface area contributed by atoms with E-state index in [0.29, 0.717) is 11.4 Å². The fraction of sp³-hybridized carbons (Fsp3) is 0.438. The van der Waals surface area contributed by atoms with Gasteiger partial charge in [-0.2, -0.15) is 14.9 Å². The van der Waals surface area contributed by atoms with Crippen LogP contribution in [0.1, 0.15) is 19.4 Å². The zero-order valence-electron chi connectivity index (χ0n) is 13.7. The van der Waals surface area contributed by atoms with Crippen molar-refractivity contribution in [3.05, 3.63) is 40.9 Å². The standard InChI is InChI=1S/C16H21N5O2S/c1-12-8-19(9-13(2)23-12)11-21-16(24)20(10-18-21)17-7-14-3-5-15(22)6-4-14/h3-7,10,12-13,22H,8-9,11H2,1-2H3/b17-7+. The van der Waals surface area contributed by atoms with Crippen molar-refractivity contribution >= 4 is 18.4 Å². The number of hydrogen-bond donors (Lipinski definition) is 1. The fourth-order valence-corrected chi connectivity index (χ4v) is 2.98. The molecule has 1 fully saturated rings. The van der Waals surface area contributed by atoms with Crippen molar-refractivity contribution in [3.63, 3.8) is 0 Å². The number of rotatable bonds is 4. The van der Waals surface area contributed by atoms with E-state index in [1.165, 1.54) is 0 Å². The second kappa shape index (κ2) is 7.25. The van der Waals surface area contributed by atoms with Crippen molar-refractivity contribution in [3.8, 4) is 5.75 Å². The average Bonchev–Trinajstić information content (AvgIpc) is 2.86. The van der Waals surface area contributed by atoms with Gasteiger partial charge in [-0.1, -0.05) is 0 Å². The third kappa shape index (κ3) is 4.08. The Morgan fingerprint density at radius 3 is 2.62 bits per heavy atom. The Labute approximate surface area is 145 Å². The second-order valence-electron chi connectivity index (χ2n) is 6.03. The molecule has 7 nitrogen and oxygen atoms in total. The molecular weight excluding hydrogens is 326 g/mol. The lowest BCUT2D eigenvalue weighted by Gasteiger charge is -2.34. The van der Waals surface area contributed by atoms with Gasteiger partial charge in [-0.05, 0) is 55.9 Å². The number of hydrogen-bond acceptors (Lipinski definition) is 6. The molecule has 0 bridgehead atoms. The predicted molar refractivity (Wildman–Crippen MR) is 93.7 cm³/mol. The van der Waals surface area contributed by atoms with Gasteiger partial charge < -0.3 is 9.84 Å². The van der Waals surface area contributed by atoms with Gasteiger partial charge in [0.15, 0.2) is 0 Å². The molecule has 2 aromatic rings. The van der Waals surface area contributed by atoms with Crippen molar-refractivity contribution < 1.29 is 9.84 Å². The van der Waals surface area contributed by atoms with Crippen molar-refractivity contribution in [1.29, 1.82) is 0 Å². The van der Waals surface area contributed by atoms with Crippen molar-refractivity contribution in [2.24, 2.45) is 5.10 Å². The van der Waals surface area contributed by atoms with E-state index in [0.717, 1.165) is 18.7 Å². The van der Waals surface area contributed by atoms with Crippen LogP contribution in [0.4, 0.5) is 0 Å². The normalized spacial score (nSPS) is 22.2. The molecule has 2 heterocycles. The van der Waals surface area contributed by atoms with Crippen LogP contribution in [0.5, 0.6) is 5.75 Å². The molecule has 1 saturated heterocycles. The Hall–Kier alpha value is -2.03. The second-order valence-corrected chi connectivity index (χ2v) is 6.39.